The van der Waals surface area contributed by atoms with Crippen LogP contribution in [0.5, 0.6) is 0 Å². The minimum atomic E-state index is -0.242. The molecule has 0 aliphatic heterocycles. The maximum absolute atomic E-state index is 13.4. The second kappa shape index (κ2) is 8.78. The van der Waals surface area contributed by atoms with Gasteiger partial charge in [-0.25, -0.2) is 14.4 Å². The van der Waals surface area contributed by atoms with Gasteiger partial charge < -0.3 is 10.3 Å². The monoisotopic (exact) mass is 396 g/mol. The van der Waals surface area contributed by atoms with E-state index >= 15 is 0 Å². The molecule has 28 heavy (non-hydrogen) atoms. The Morgan fingerprint density at radius 1 is 1.04 bits per heavy atom. The molecule has 0 atom stereocenters. The number of nitrogens with one attached hydrogen (secondary N) is 2. The van der Waals surface area contributed by atoms with E-state index in [1.807, 2.05) is 18.5 Å². The molecule has 1 aromatic carbocycles. The fourth-order valence-corrected chi connectivity index (χ4v) is 4.16. The summed E-state index contributed by atoms with van der Waals surface area (Å²) < 4.78 is 13.4. The van der Waals surface area contributed by atoms with E-state index in [0.717, 1.165) is 33.5 Å². The van der Waals surface area contributed by atoms with Crippen molar-refractivity contribution in [3.63, 3.8) is 0 Å². The van der Waals surface area contributed by atoms with E-state index in [-0.39, 0.29) is 5.82 Å². The molecule has 0 radical (unpaired) electrons. The lowest BCUT2D eigenvalue weighted by molar-refractivity contribution is 0.618. The van der Waals surface area contributed by atoms with Crippen molar-refractivity contribution in [3.05, 3.63) is 48.4 Å². The van der Waals surface area contributed by atoms with Crippen LogP contribution in [0.3, 0.4) is 0 Å². The highest BCUT2D eigenvalue weighted by molar-refractivity contribution is 7.98. The molecule has 3 aromatic rings. The van der Waals surface area contributed by atoms with Gasteiger partial charge in [-0.2, -0.15) is 0 Å². The molecule has 0 unspecified atom stereocenters. The van der Waals surface area contributed by atoms with Crippen molar-refractivity contribution in [2.45, 2.75) is 49.7 Å². The van der Waals surface area contributed by atoms with Gasteiger partial charge in [0, 0.05) is 23.4 Å². The van der Waals surface area contributed by atoms with Gasteiger partial charge in [0.15, 0.2) is 5.16 Å². The third-order valence-corrected chi connectivity index (χ3v) is 5.83. The Labute approximate surface area is 169 Å². The third-order valence-electron chi connectivity index (χ3n) is 5.25. The fourth-order valence-electron chi connectivity index (χ4n) is 3.77. The van der Waals surface area contributed by atoms with Crippen molar-refractivity contribution in [1.29, 1.82) is 0 Å². The fraction of sp³-hybridized carbons (Fsp3) is 0.364. The minimum absolute atomic E-state index is 0.242. The summed E-state index contributed by atoms with van der Waals surface area (Å²) in [5.41, 5.74) is 3.68. The van der Waals surface area contributed by atoms with Crippen molar-refractivity contribution in [2.24, 2.45) is 0 Å². The van der Waals surface area contributed by atoms with Crippen LogP contribution in [0.4, 0.5) is 10.2 Å². The number of hydrogen-bond donors (Lipinski definition) is 2. The summed E-state index contributed by atoms with van der Waals surface area (Å²) in [5.74, 6) is 0.650. The molecule has 6 heteroatoms. The Morgan fingerprint density at radius 2 is 1.79 bits per heavy atom. The molecule has 2 N–H and O–H groups in total. The highest BCUT2D eigenvalue weighted by atomic mass is 32.2. The largest absolute Gasteiger partial charge is 0.367 e. The Kier molecular flexibility index (Phi) is 5.95. The summed E-state index contributed by atoms with van der Waals surface area (Å²) in [6.07, 6.45) is 11.4. The highest BCUT2D eigenvalue weighted by Crippen LogP contribution is 2.33. The smallest absolute Gasteiger partial charge is 0.166 e. The molecular weight excluding hydrogens is 371 g/mol. The molecule has 2 heterocycles. The number of halogens is 1. The number of aromatic amines is 1. The van der Waals surface area contributed by atoms with Crippen molar-refractivity contribution < 1.29 is 4.39 Å². The topological polar surface area (TPSA) is 53.6 Å². The van der Waals surface area contributed by atoms with Gasteiger partial charge in [0.2, 0.25) is 0 Å². The Bertz CT molecular complexity index is 915. The Morgan fingerprint density at radius 3 is 2.50 bits per heavy atom. The van der Waals surface area contributed by atoms with Crippen molar-refractivity contribution in [3.8, 4) is 22.5 Å². The quantitative estimate of drug-likeness (QED) is 0.402. The number of anilines is 1. The number of imidazole rings is 1. The first-order valence-electron chi connectivity index (χ1n) is 9.86. The van der Waals surface area contributed by atoms with E-state index in [9.17, 15) is 4.39 Å². The number of rotatable bonds is 5. The van der Waals surface area contributed by atoms with Crippen LogP contribution in [0.2, 0.25) is 0 Å². The van der Waals surface area contributed by atoms with Crippen LogP contribution in [0.1, 0.15) is 38.5 Å². The summed E-state index contributed by atoms with van der Waals surface area (Å²) in [4.78, 5) is 12.6. The Balaban J connectivity index is 1.65. The molecule has 1 saturated carbocycles. The summed E-state index contributed by atoms with van der Waals surface area (Å²) >= 11 is 1.56. The van der Waals surface area contributed by atoms with Crippen LogP contribution < -0.4 is 5.32 Å². The Hall–Kier alpha value is -2.34. The zero-order chi connectivity index (χ0) is 19.3. The number of hydrogen-bond acceptors (Lipinski definition) is 4. The molecule has 0 amide bonds. The first-order valence-corrected chi connectivity index (χ1v) is 11.1. The van der Waals surface area contributed by atoms with E-state index in [4.69, 9.17) is 4.98 Å². The molecule has 0 bridgehead atoms. The van der Waals surface area contributed by atoms with Crippen molar-refractivity contribution in [2.75, 3.05) is 11.6 Å². The summed E-state index contributed by atoms with van der Waals surface area (Å²) in [5, 5.41) is 4.45. The van der Waals surface area contributed by atoms with Crippen LogP contribution in [0.25, 0.3) is 22.5 Å². The van der Waals surface area contributed by atoms with Gasteiger partial charge >= 0.3 is 0 Å². The standard InChI is InChI=1S/C22H25FN4S/c1-28-22-26-20(15-8-10-17(23)11-9-15)21(27-22)16-12-13-24-19(14-16)25-18-6-4-2-3-5-7-18/h8-14,18H,2-7H2,1H3,(H,24,25)(H,26,27). The lowest BCUT2D eigenvalue weighted by Crippen LogP contribution is -2.18. The average molecular weight is 397 g/mol. The first kappa shape index (κ1) is 19.0. The predicted octanol–water partition coefficient (Wildman–Crippen LogP) is 6.13. The van der Waals surface area contributed by atoms with Crippen LogP contribution >= 0.6 is 11.8 Å². The number of thioether (sulfide) groups is 1. The summed E-state index contributed by atoms with van der Waals surface area (Å²) in [6, 6.07) is 11.0. The van der Waals surface area contributed by atoms with E-state index in [1.165, 1.54) is 50.7 Å². The maximum Gasteiger partial charge on any atom is 0.166 e. The van der Waals surface area contributed by atoms with Gasteiger partial charge in [-0.1, -0.05) is 37.4 Å². The van der Waals surface area contributed by atoms with E-state index in [2.05, 4.69) is 21.4 Å². The summed E-state index contributed by atoms with van der Waals surface area (Å²) in [6.45, 7) is 0. The van der Waals surface area contributed by atoms with Crippen LogP contribution in [-0.2, 0) is 0 Å². The van der Waals surface area contributed by atoms with Gasteiger partial charge in [-0.3, -0.25) is 0 Å². The first-order chi connectivity index (χ1) is 13.7. The minimum Gasteiger partial charge on any atom is -0.367 e. The second-order valence-electron chi connectivity index (χ2n) is 7.24. The van der Waals surface area contributed by atoms with Gasteiger partial charge in [0.25, 0.3) is 0 Å². The molecule has 4 rings (SSSR count). The van der Waals surface area contributed by atoms with Gasteiger partial charge in [0.1, 0.15) is 11.6 Å². The van der Waals surface area contributed by atoms with Gasteiger partial charge in [-0.05, 0) is 55.5 Å². The van der Waals surface area contributed by atoms with Crippen LogP contribution in [-0.4, -0.2) is 27.2 Å². The number of pyridine rings is 1. The maximum atomic E-state index is 13.4. The van der Waals surface area contributed by atoms with E-state index < -0.39 is 0 Å². The molecule has 1 aliphatic rings. The van der Waals surface area contributed by atoms with Crippen molar-refractivity contribution >= 4 is 17.6 Å². The van der Waals surface area contributed by atoms with Crippen LogP contribution in [0, 0.1) is 5.82 Å². The molecule has 146 valence electrons. The SMILES string of the molecule is CSc1nc(-c2ccnc(NC3CCCCCC3)c2)c(-c2ccc(F)cc2)[nH]1. The lowest BCUT2D eigenvalue weighted by Gasteiger charge is -2.17. The second-order valence-corrected chi connectivity index (χ2v) is 8.03. The lowest BCUT2D eigenvalue weighted by atomic mass is 10.1. The molecule has 0 saturated heterocycles. The van der Waals surface area contributed by atoms with Crippen molar-refractivity contribution in [1.82, 2.24) is 15.0 Å². The number of benzene rings is 1. The highest BCUT2D eigenvalue weighted by Gasteiger charge is 2.16. The molecule has 0 spiro atoms. The third kappa shape index (κ3) is 4.38. The molecule has 1 fully saturated rings. The van der Waals surface area contributed by atoms with Gasteiger partial charge in [0.05, 0.1) is 11.4 Å². The molecule has 2 aromatic heterocycles. The number of aromatic nitrogens is 3. The zero-order valence-corrected chi connectivity index (χ0v) is 16.9. The average Bonchev–Trinajstić information content (AvgIpc) is 2.99. The molecule has 4 nitrogen and oxygen atoms in total. The molecule has 1 aliphatic carbocycles. The van der Waals surface area contributed by atoms with E-state index in [0.29, 0.717) is 6.04 Å². The van der Waals surface area contributed by atoms with Gasteiger partial charge in [-0.15, -0.1) is 0 Å². The molecular formula is C22H25FN4S. The van der Waals surface area contributed by atoms with E-state index in [1.54, 1.807) is 23.9 Å². The zero-order valence-electron chi connectivity index (χ0n) is 16.0. The van der Waals surface area contributed by atoms with Crippen LogP contribution in [0.15, 0.2) is 47.8 Å². The summed E-state index contributed by atoms with van der Waals surface area (Å²) in [7, 11) is 0. The normalized spacial score (nSPS) is 15.4. The number of nitrogens with zero attached hydrogens (tertiary/aromatic N) is 2. The predicted molar refractivity (Wildman–Crippen MR) is 114 cm³/mol. The number of H-pyrrole nitrogens is 1.